The fraction of sp³-hybridized carbons (Fsp3) is 0.158. The Balaban J connectivity index is 2.00. The van der Waals surface area contributed by atoms with Gasteiger partial charge in [-0.1, -0.05) is 36.4 Å². The van der Waals surface area contributed by atoms with Crippen molar-refractivity contribution in [1.82, 2.24) is 0 Å². The first-order chi connectivity index (χ1) is 11.6. The van der Waals surface area contributed by atoms with Gasteiger partial charge in [-0.3, -0.25) is 0 Å². The molecule has 0 heterocycles. The summed E-state index contributed by atoms with van der Waals surface area (Å²) in [4.78, 5) is 10.9. The zero-order valence-corrected chi connectivity index (χ0v) is 13.2. The van der Waals surface area contributed by atoms with Gasteiger partial charge >= 0.3 is 5.97 Å². The van der Waals surface area contributed by atoms with E-state index in [1.165, 1.54) is 6.08 Å². The SMILES string of the molecule is Cc1ccccc1OCCOc1ccccc1C=C(C#N)C(=O)O. The van der Waals surface area contributed by atoms with Crippen LogP contribution in [0, 0.1) is 18.3 Å². The van der Waals surface area contributed by atoms with E-state index in [9.17, 15) is 4.79 Å². The van der Waals surface area contributed by atoms with Gasteiger partial charge < -0.3 is 14.6 Å². The van der Waals surface area contributed by atoms with Crippen molar-refractivity contribution in [2.24, 2.45) is 0 Å². The van der Waals surface area contributed by atoms with E-state index in [2.05, 4.69) is 0 Å². The highest BCUT2D eigenvalue weighted by molar-refractivity contribution is 5.96. The number of aryl methyl sites for hydroxylation is 1. The van der Waals surface area contributed by atoms with Gasteiger partial charge in [-0.2, -0.15) is 5.26 Å². The fourth-order valence-corrected chi connectivity index (χ4v) is 2.05. The molecule has 2 rings (SSSR count). The largest absolute Gasteiger partial charge is 0.490 e. The molecule has 0 aliphatic heterocycles. The molecule has 0 amide bonds. The van der Waals surface area contributed by atoms with E-state index >= 15 is 0 Å². The van der Waals surface area contributed by atoms with Crippen LogP contribution in [0.25, 0.3) is 6.08 Å². The van der Waals surface area contributed by atoms with Gasteiger partial charge in [0.2, 0.25) is 0 Å². The lowest BCUT2D eigenvalue weighted by Gasteiger charge is -2.11. The number of carboxylic acids is 1. The van der Waals surface area contributed by atoms with Crippen LogP contribution in [0.15, 0.2) is 54.1 Å². The highest BCUT2D eigenvalue weighted by Gasteiger charge is 2.08. The summed E-state index contributed by atoms with van der Waals surface area (Å²) in [5.41, 5.74) is 1.23. The maximum Gasteiger partial charge on any atom is 0.346 e. The molecule has 0 saturated heterocycles. The lowest BCUT2D eigenvalue weighted by molar-refractivity contribution is -0.132. The van der Waals surface area contributed by atoms with E-state index < -0.39 is 5.97 Å². The number of nitriles is 1. The van der Waals surface area contributed by atoms with Crippen LogP contribution in [0.2, 0.25) is 0 Å². The quantitative estimate of drug-likeness (QED) is 0.479. The Morgan fingerprint density at radius 1 is 1.08 bits per heavy atom. The summed E-state index contributed by atoms with van der Waals surface area (Å²) in [5.74, 6) is 0.0296. The molecular weight excluding hydrogens is 306 g/mol. The average Bonchev–Trinajstić information content (AvgIpc) is 2.58. The summed E-state index contributed by atoms with van der Waals surface area (Å²) in [7, 11) is 0. The van der Waals surface area contributed by atoms with Gasteiger partial charge in [0.25, 0.3) is 0 Å². The summed E-state index contributed by atoms with van der Waals surface area (Å²) < 4.78 is 11.3. The molecule has 0 unspecified atom stereocenters. The number of benzene rings is 2. The van der Waals surface area contributed by atoms with Crippen molar-refractivity contribution < 1.29 is 19.4 Å². The second kappa shape index (κ2) is 8.39. The molecule has 0 aliphatic rings. The van der Waals surface area contributed by atoms with Crippen LogP contribution in [0.3, 0.4) is 0 Å². The van der Waals surface area contributed by atoms with E-state index in [1.807, 2.05) is 31.2 Å². The summed E-state index contributed by atoms with van der Waals surface area (Å²) >= 11 is 0. The molecule has 2 aromatic carbocycles. The maximum absolute atomic E-state index is 10.9. The molecule has 5 nitrogen and oxygen atoms in total. The molecule has 0 spiro atoms. The topological polar surface area (TPSA) is 79.5 Å². The molecule has 2 aromatic rings. The number of hydrogen-bond donors (Lipinski definition) is 1. The van der Waals surface area contributed by atoms with E-state index in [0.29, 0.717) is 24.5 Å². The number of nitrogens with zero attached hydrogens (tertiary/aromatic N) is 1. The molecule has 0 fully saturated rings. The van der Waals surface area contributed by atoms with Crippen molar-refractivity contribution in [2.75, 3.05) is 13.2 Å². The molecule has 122 valence electrons. The molecule has 0 atom stereocenters. The zero-order chi connectivity index (χ0) is 17.4. The van der Waals surface area contributed by atoms with Crippen molar-refractivity contribution >= 4 is 12.0 Å². The second-order valence-electron chi connectivity index (χ2n) is 4.98. The Morgan fingerprint density at radius 3 is 2.29 bits per heavy atom. The third-order valence-corrected chi connectivity index (χ3v) is 3.26. The fourth-order valence-electron chi connectivity index (χ4n) is 2.05. The Bertz CT molecular complexity index is 790. The standard InChI is InChI=1S/C19H17NO4/c1-14-6-2-4-8-17(14)23-10-11-24-18-9-5-3-7-15(18)12-16(13-20)19(21)22/h2-9,12H,10-11H2,1H3,(H,21,22). The molecule has 0 bridgehead atoms. The predicted octanol–water partition coefficient (Wildman–Crippen LogP) is 3.44. The van der Waals surface area contributed by atoms with E-state index in [0.717, 1.165) is 11.3 Å². The molecule has 0 aromatic heterocycles. The minimum atomic E-state index is -1.27. The lowest BCUT2D eigenvalue weighted by Crippen LogP contribution is -2.10. The number of aliphatic carboxylic acids is 1. The van der Waals surface area contributed by atoms with Crippen LogP contribution < -0.4 is 9.47 Å². The molecule has 5 heteroatoms. The van der Waals surface area contributed by atoms with Crippen LogP contribution >= 0.6 is 0 Å². The first-order valence-corrected chi connectivity index (χ1v) is 7.37. The second-order valence-corrected chi connectivity index (χ2v) is 4.98. The smallest absolute Gasteiger partial charge is 0.346 e. The first kappa shape index (κ1) is 17.1. The van der Waals surface area contributed by atoms with Gasteiger partial charge in [-0.15, -0.1) is 0 Å². The molecule has 0 aliphatic carbocycles. The number of hydrogen-bond acceptors (Lipinski definition) is 4. The van der Waals surface area contributed by atoms with Gasteiger partial charge in [0.1, 0.15) is 36.4 Å². The van der Waals surface area contributed by atoms with Gasteiger partial charge in [0.15, 0.2) is 0 Å². The van der Waals surface area contributed by atoms with Crippen LogP contribution in [-0.2, 0) is 4.79 Å². The van der Waals surface area contributed by atoms with Crippen molar-refractivity contribution in [3.05, 3.63) is 65.2 Å². The number of ether oxygens (including phenoxy) is 2. The molecule has 24 heavy (non-hydrogen) atoms. The van der Waals surface area contributed by atoms with Crippen LogP contribution in [-0.4, -0.2) is 24.3 Å². The Morgan fingerprint density at radius 2 is 1.67 bits per heavy atom. The van der Waals surface area contributed by atoms with Crippen molar-refractivity contribution in [1.29, 1.82) is 5.26 Å². The number of carboxylic acid groups (broad SMARTS) is 1. The normalized spacial score (nSPS) is 10.8. The number of rotatable bonds is 7. The first-order valence-electron chi connectivity index (χ1n) is 7.37. The van der Waals surface area contributed by atoms with E-state index in [4.69, 9.17) is 19.8 Å². The summed E-state index contributed by atoms with van der Waals surface area (Å²) in [5, 5.41) is 17.8. The number of para-hydroxylation sites is 2. The van der Waals surface area contributed by atoms with E-state index in [1.54, 1.807) is 30.3 Å². The molecule has 1 N–H and O–H groups in total. The van der Waals surface area contributed by atoms with Gasteiger partial charge in [0.05, 0.1) is 0 Å². The number of carbonyl (C=O) groups is 1. The summed E-state index contributed by atoms with van der Waals surface area (Å²) in [6.07, 6.45) is 1.29. The van der Waals surface area contributed by atoms with Gasteiger partial charge in [-0.25, -0.2) is 4.79 Å². The zero-order valence-electron chi connectivity index (χ0n) is 13.2. The highest BCUT2D eigenvalue weighted by atomic mass is 16.5. The molecule has 0 radical (unpaired) electrons. The highest BCUT2D eigenvalue weighted by Crippen LogP contribution is 2.21. The Kier molecular flexibility index (Phi) is 5.98. The monoisotopic (exact) mass is 323 g/mol. The van der Waals surface area contributed by atoms with Crippen molar-refractivity contribution in [3.63, 3.8) is 0 Å². The maximum atomic E-state index is 10.9. The third kappa shape index (κ3) is 4.62. The summed E-state index contributed by atoms with van der Waals surface area (Å²) in [6, 6.07) is 16.3. The van der Waals surface area contributed by atoms with Crippen LogP contribution in [0.5, 0.6) is 11.5 Å². The van der Waals surface area contributed by atoms with Crippen LogP contribution in [0.1, 0.15) is 11.1 Å². The minimum absolute atomic E-state index is 0.300. The Labute approximate surface area is 140 Å². The van der Waals surface area contributed by atoms with Crippen LogP contribution in [0.4, 0.5) is 0 Å². The van der Waals surface area contributed by atoms with Gasteiger partial charge in [0, 0.05) is 5.56 Å². The third-order valence-electron chi connectivity index (χ3n) is 3.26. The molecular formula is C19H17NO4. The Hall–Kier alpha value is -3.26. The summed E-state index contributed by atoms with van der Waals surface area (Å²) in [6.45, 7) is 2.62. The minimum Gasteiger partial charge on any atom is -0.490 e. The lowest BCUT2D eigenvalue weighted by atomic mass is 10.1. The molecule has 0 saturated carbocycles. The van der Waals surface area contributed by atoms with E-state index in [-0.39, 0.29) is 5.57 Å². The van der Waals surface area contributed by atoms with Crippen molar-refractivity contribution in [3.8, 4) is 17.6 Å². The predicted molar refractivity (Wildman–Crippen MR) is 89.8 cm³/mol. The average molecular weight is 323 g/mol. The van der Waals surface area contributed by atoms with Crippen molar-refractivity contribution in [2.45, 2.75) is 6.92 Å². The van der Waals surface area contributed by atoms with Gasteiger partial charge in [-0.05, 0) is 30.7 Å².